The number of aliphatic hydroxyl groups is 1. The molecule has 0 spiro atoms. The monoisotopic (exact) mass is 214 g/mol. The minimum Gasteiger partial charge on any atom is -0.454 e. The molecule has 0 aromatic rings. The quantitative estimate of drug-likeness (QED) is 0.777. The van der Waals surface area contributed by atoms with Gasteiger partial charge in [0.05, 0.1) is 0 Å². The van der Waals surface area contributed by atoms with Gasteiger partial charge in [0.25, 0.3) is 0 Å². The van der Waals surface area contributed by atoms with Crippen LogP contribution in [0.15, 0.2) is 11.5 Å². The number of carbonyl (C=O) groups excluding carboxylic acids is 1. The van der Waals surface area contributed by atoms with E-state index in [0.29, 0.717) is 11.5 Å². The fourth-order valence-corrected chi connectivity index (χ4v) is 1.41. The van der Waals surface area contributed by atoms with Crippen molar-refractivity contribution in [2.24, 2.45) is 0 Å². The van der Waals surface area contributed by atoms with Crippen molar-refractivity contribution < 1.29 is 19.4 Å². The number of ketones is 1. The summed E-state index contributed by atoms with van der Waals surface area (Å²) in [5, 5.41) is 9.82. The van der Waals surface area contributed by atoms with Gasteiger partial charge >= 0.3 is 0 Å². The molecule has 1 rings (SSSR count). The summed E-state index contributed by atoms with van der Waals surface area (Å²) in [5.74, 6) is 0.185. The van der Waals surface area contributed by atoms with Crippen LogP contribution >= 0.6 is 0 Å². The second kappa shape index (κ2) is 3.52. The summed E-state index contributed by atoms with van der Waals surface area (Å²) in [5.41, 5.74) is -1.39. The Morgan fingerprint density at radius 2 is 2.00 bits per heavy atom. The Hall–Kier alpha value is -1.03. The number of hydrogen-bond donors (Lipinski definition) is 1. The first-order valence-corrected chi connectivity index (χ1v) is 4.95. The molecule has 86 valence electrons. The van der Waals surface area contributed by atoms with Crippen molar-refractivity contribution in [3.8, 4) is 0 Å². The van der Waals surface area contributed by atoms with E-state index in [9.17, 15) is 9.90 Å². The van der Waals surface area contributed by atoms with Crippen molar-refractivity contribution in [3.63, 3.8) is 0 Å². The molecule has 0 radical (unpaired) electrons. The average Bonchev–Trinajstić information content (AvgIpc) is 2.23. The van der Waals surface area contributed by atoms with Crippen LogP contribution in [0.2, 0.25) is 0 Å². The third-order valence-electron chi connectivity index (χ3n) is 2.42. The van der Waals surface area contributed by atoms with Crippen LogP contribution in [-0.2, 0) is 14.3 Å². The van der Waals surface area contributed by atoms with Crippen molar-refractivity contribution in [1.29, 1.82) is 0 Å². The Bertz CT molecular complexity index is 313. The highest BCUT2D eigenvalue weighted by molar-refractivity contribution is 5.84. The molecular weight excluding hydrogens is 196 g/mol. The lowest BCUT2D eigenvalue weighted by Gasteiger charge is -2.22. The first-order valence-electron chi connectivity index (χ1n) is 4.95. The van der Waals surface area contributed by atoms with E-state index in [1.165, 1.54) is 13.8 Å². The topological polar surface area (TPSA) is 55.8 Å². The predicted octanol–water partition coefficient (Wildman–Crippen LogP) is 1.73. The summed E-state index contributed by atoms with van der Waals surface area (Å²) in [4.78, 5) is 11.2. The molecule has 0 aromatic carbocycles. The van der Waals surface area contributed by atoms with Crippen molar-refractivity contribution in [2.75, 3.05) is 0 Å². The van der Waals surface area contributed by atoms with Gasteiger partial charge in [0.1, 0.15) is 17.1 Å². The van der Waals surface area contributed by atoms with Gasteiger partial charge in [-0.25, -0.2) is 0 Å². The Morgan fingerprint density at radius 1 is 1.47 bits per heavy atom. The summed E-state index contributed by atoms with van der Waals surface area (Å²) in [6.07, 6.45) is 0.150. The van der Waals surface area contributed by atoms with Crippen molar-refractivity contribution in [1.82, 2.24) is 0 Å². The summed E-state index contributed by atoms with van der Waals surface area (Å²) in [6, 6.07) is 0. The summed E-state index contributed by atoms with van der Waals surface area (Å²) in [7, 11) is 0. The maximum Gasteiger partial charge on any atom is 0.245 e. The zero-order valence-corrected chi connectivity index (χ0v) is 9.88. The van der Waals surface area contributed by atoms with Gasteiger partial charge in [-0.05, 0) is 20.8 Å². The third-order valence-corrected chi connectivity index (χ3v) is 2.42. The fraction of sp³-hybridized carbons (Fsp3) is 0.727. The zero-order valence-electron chi connectivity index (χ0n) is 9.88. The highest BCUT2D eigenvalue weighted by Crippen LogP contribution is 2.34. The Balaban J connectivity index is 2.76. The first kappa shape index (κ1) is 12.0. The number of hydrogen-bond acceptors (Lipinski definition) is 4. The minimum absolute atomic E-state index is 0.150. The SMILES string of the molecule is CC(=O)C(C)(O)CC1=C(C)OC(C)(C)O1. The van der Waals surface area contributed by atoms with Gasteiger partial charge in [-0.3, -0.25) is 4.79 Å². The molecular formula is C11H18O4. The number of allylic oxidation sites excluding steroid dienone is 1. The van der Waals surface area contributed by atoms with Crippen LogP contribution in [0.4, 0.5) is 0 Å². The fourth-order valence-electron chi connectivity index (χ4n) is 1.41. The van der Waals surface area contributed by atoms with E-state index in [1.807, 2.05) is 0 Å². The van der Waals surface area contributed by atoms with Gasteiger partial charge in [0.2, 0.25) is 5.79 Å². The van der Waals surface area contributed by atoms with Gasteiger partial charge in [-0.2, -0.15) is 0 Å². The molecule has 0 bridgehead atoms. The van der Waals surface area contributed by atoms with E-state index in [2.05, 4.69) is 0 Å². The second-order valence-corrected chi connectivity index (χ2v) is 4.59. The lowest BCUT2D eigenvalue weighted by molar-refractivity contribution is -0.139. The predicted molar refractivity (Wildman–Crippen MR) is 54.9 cm³/mol. The maximum atomic E-state index is 11.2. The van der Waals surface area contributed by atoms with Crippen LogP contribution in [-0.4, -0.2) is 22.3 Å². The normalized spacial score (nSPS) is 23.1. The molecule has 4 heteroatoms. The van der Waals surface area contributed by atoms with E-state index in [0.717, 1.165) is 0 Å². The molecule has 1 N–H and O–H groups in total. The largest absolute Gasteiger partial charge is 0.454 e. The van der Waals surface area contributed by atoms with Gasteiger partial charge < -0.3 is 14.6 Å². The molecule has 15 heavy (non-hydrogen) atoms. The smallest absolute Gasteiger partial charge is 0.245 e. The van der Waals surface area contributed by atoms with Gasteiger partial charge in [0.15, 0.2) is 5.78 Å². The molecule has 4 nitrogen and oxygen atoms in total. The maximum absolute atomic E-state index is 11.2. The van der Waals surface area contributed by atoms with Crippen molar-refractivity contribution in [2.45, 2.75) is 52.4 Å². The molecule has 0 saturated carbocycles. The Labute approximate surface area is 89.9 Å². The van der Waals surface area contributed by atoms with Crippen LogP contribution in [0.25, 0.3) is 0 Å². The minimum atomic E-state index is -1.39. The molecule has 0 aliphatic carbocycles. The van der Waals surface area contributed by atoms with Crippen LogP contribution in [0, 0.1) is 0 Å². The van der Waals surface area contributed by atoms with E-state index in [1.54, 1.807) is 20.8 Å². The molecule has 0 amide bonds. The number of Topliss-reactive ketones (excluding diaryl/α,β-unsaturated/α-hetero) is 1. The number of ether oxygens (including phenoxy) is 2. The molecule has 0 saturated heterocycles. The molecule has 1 aliphatic rings. The van der Waals surface area contributed by atoms with E-state index in [4.69, 9.17) is 9.47 Å². The van der Waals surface area contributed by atoms with Crippen LogP contribution in [0.1, 0.15) is 41.0 Å². The summed E-state index contributed by atoms with van der Waals surface area (Å²) < 4.78 is 10.9. The highest BCUT2D eigenvalue weighted by atomic mass is 16.7. The molecule has 1 atom stereocenters. The Morgan fingerprint density at radius 3 is 2.33 bits per heavy atom. The third kappa shape index (κ3) is 2.72. The first-order chi connectivity index (χ1) is 6.64. The lowest BCUT2D eigenvalue weighted by Crippen LogP contribution is -2.34. The Kier molecular flexibility index (Phi) is 2.83. The number of rotatable bonds is 3. The molecule has 1 unspecified atom stereocenters. The summed E-state index contributed by atoms with van der Waals surface area (Å²) >= 11 is 0. The van der Waals surface area contributed by atoms with E-state index < -0.39 is 11.4 Å². The van der Waals surface area contributed by atoms with Crippen LogP contribution in [0.3, 0.4) is 0 Å². The summed E-state index contributed by atoms with van der Waals surface area (Å²) in [6.45, 7) is 8.17. The van der Waals surface area contributed by atoms with Crippen LogP contribution < -0.4 is 0 Å². The van der Waals surface area contributed by atoms with E-state index in [-0.39, 0.29) is 12.2 Å². The van der Waals surface area contributed by atoms with Gasteiger partial charge in [-0.15, -0.1) is 0 Å². The number of carbonyl (C=O) groups is 1. The lowest BCUT2D eigenvalue weighted by atomic mass is 9.96. The van der Waals surface area contributed by atoms with Gasteiger partial charge in [-0.1, -0.05) is 0 Å². The molecule has 0 aromatic heterocycles. The van der Waals surface area contributed by atoms with Gasteiger partial charge in [0, 0.05) is 20.3 Å². The van der Waals surface area contributed by atoms with E-state index >= 15 is 0 Å². The standard InChI is InChI=1S/C11H18O4/c1-7-9(15-10(3,4)14-7)6-11(5,13)8(2)12/h13H,6H2,1-5H3. The highest BCUT2D eigenvalue weighted by Gasteiger charge is 2.37. The molecule has 0 fully saturated rings. The second-order valence-electron chi connectivity index (χ2n) is 4.59. The molecule has 1 aliphatic heterocycles. The van der Waals surface area contributed by atoms with Crippen molar-refractivity contribution in [3.05, 3.63) is 11.5 Å². The van der Waals surface area contributed by atoms with Crippen LogP contribution in [0.5, 0.6) is 0 Å². The zero-order chi connectivity index (χ0) is 11.9. The van der Waals surface area contributed by atoms with Crippen molar-refractivity contribution >= 4 is 5.78 Å². The average molecular weight is 214 g/mol. The molecule has 1 heterocycles.